The van der Waals surface area contributed by atoms with Gasteiger partial charge in [0.1, 0.15) is 5.82 Å². The molecule has 0 aliphatic carbocycles. The Morgan fingerprint density at radius 1 is 1.17 bits per heavy atom. The smallest absolute Gasteiger partial charge is 0.307 e. The molecule has 128 valence electrons. The van der Waals surface area contributed by atoms with Gasteiger partial charge in [-0.1, -0.05) is 26.0 Å². The minimum atomic E-state index is -0.319. The molecule has 1 aromatic rings. The monoisotopic (exact) mass is 323 g/mol. The molecular formula is C18H26FNO3. The zero-order chi connectivity index (χ0) is 17.2. The van der Waals surface area contributed by atoms with Crippen molar-refractivity contribution >= 4 is 11.9 Å². The Bertz CT molecular complexity index is 499. The van der Waals surface area contributed by atoms with Crippen LogP contribution in [-0.4, -0.2) is 36.5 Å². The highest BCUT2D eigenvalue weighted by Gasteiger charge is 2.16. The van der Waals surface area contributed by atoms with E-state index in [1.54, 1.807) is 24.0 Å². The topological polar surface area (TPSA) is 46.6 Å². The molecule has 0 heterocycles. The van der Waals surface area contributed by atoms with Crippen LogP contribution < -0.4 is 0 Å². The third-order valence-electron chi connectivity index (χ3n) is 3.49. The number of nitrogens with zero attached hydrogens (tertiary/aromatic N) is 1. The number of hydrogen-bond acceptors (Lipinski definition) is 3. The third-order valence-corrected chi connectivity index (χ3v) is 3.49. The van der Waals surface area contributed by atoms with E-state index in [0.717, 1.165) is 12.0 Å². The lowest BCUT2D eigenvalue weighted by Crippen LogP contribution is -2.35. The van der Waals surface area contributed by atoms with Gasteiger partial charge in [0.15, 0.2) is 0 Å². The minimum Gasteiger partial charge on any atom is -0.466 e. The second kappa shape index (κ2) is 9.98. The summed E-state index contributed by atoms with van der Waals surface area (Å²) in [6.45, 7) is 7.24. The van der Waals surface area contributed by atoms with E-state index >= 15 is 0 Å². The molecular weight excluding hydrogens is 297 g/mol. The molecule has 4 nitrogen and oxygen atoms in total. The molecule has 0 spiro atoms. The summed E-state index contributed by atoms with van der Waals surface area (Å²) in [6.07, 6.45) is 1.28. The van der Waals surface area contributed by atoms with Crippen molar-refractivity contribution in [3.63, 3.8) is 0 Å². The van der Waals surface area contributed by atoms with Gasteiger partial charge in [-0.25, -0.2) is 4.39 Å². The van der Waals surface area contributed by atoms with Gasteiger partial charge in [0.2, 0.25) is 5.91 Å². The number of amides is 1. The van der Waals surface area contributed by atoms with Crippen molar-refractivity contribution in [2.45, 2.75) is 40.0 Å². The van der Waals surface area contributed by atoms with Gasteiger partial charge in [-0.2, -0.15) is 0 Å². The van der Waals surface area contributed by atoms with Crippen LogP contribution in [0.2, 0.25) is 0 Å². The van der Waals surface area contributed by atoms with E-state index < -0.39 is 0 Å². The number of esters is 1. The van der Waals surface area contributed by atoms with Crippen molar-refractivity contribution in [3.05, 3.63) is 35.6 Å². The molecule has 1 aromatic carbocycles. The van der Waals surface area contributed by atoms with E-state index in [0.29, 0.717) is 25.6 Å². The SMILES string of the molecule is CCOC(=O)CCN(CCC(C)C)C(=O)Cc1ccc(F)cc1. The van der Waals surface area contributed by atoms with Crippen LogP contribution in [0.4, 0.5) is 4.39 Å². The van der Waals surface area contributed by atoms with Gasteiger partial charge in [0.25, 0.3) is 0 Å². The number of carbonyl (C=O) groups excluding carboxylic acids is 2. The molecule has 1 amide bonds. The lowest BCUT2D eigenvalue weighted by atomic mass is 10.1. The summed E-state index contributed by atoms with van der Waals surface area (Å²) < 4.78 is 17.8. The summed E-state index contributed by atoms with van der Waals surface area (Å²) in [5, 5.41) is 0. The van der Waals surface area contributed by atoms with Crippen LogP contribution in [0.5, 0.6) is 0 Å². The molecule has 0 radical (unpaired) electrons. The van der Waals surface area contributed by atoms with Crippen LogP contribution in [0.25, 0.3) is 0 Å². The second-order valence-corrected chi connectivity index (χ2v) is 5.92. The minimum absolute atomic E-state index is 0.0541. The Hall–Kier alpha value is -1.91. The molecule has 1 rings (SSSR count). The number of benzene rings is 1. The van der Waals surface area contributed by atoms with E-state index in [1.165, 1.54) is 12.1 Å². The molecule has 0 saturated heterocycles. The number of ether oxygens (including phenoxy) is 1. The standard InChI is InChI=1S/C18H26FNO3/c1-4-23-18(22)10-12-20(11-9-14(2)3)17(21)13-15-5-7-16(19)8-6-15/h5-8,14H,4,9-13H2,1-3H3. The van der Waals surface area contributed by atoms with Crippen molar-refractivity contribution in [2.75, 3.05) is 19.7 Å². The molecule has 0 bridgehead atoms. The molecule has 0 aliphatic heterocycles. The summed E-state index contributed by atoms with van der Waals surface area (Å²) in [5.41, 5.74) is 0.766. The maximum atomic E-state index is 12.9. The van der Waals surface area contributed by atoms with E-state index in [4.69, 9.17) is 4.74 Å². The first-order valence-corrected chi connectivity index (χ1v) is 8.10. The average molecular weight is 323 g/mol. The van der Waals surface area contributed by atoms with Gasteiger partial charge in [-0.15, -0.1) is 0 Å². The zero-order valence-corrected chi connectivity index (χ0v) is 14.2. The van der Waals surface area contributed by atoms with E-state index in [9.17, 15) is 14.0 Å². The van der Waals surface area contributed by atoms with E-state index in [-0.39, 0.29) is 30.5 Å². The molecule has 5 heteroatoms. The predicted molar refractivity (Wildman–Crippen MR) is 87.4 cm³/mol. The Labute approximate surface area is 137 Å². The molecule has 23 heavy (non-hydrogen) atoms. The molecule has 0 fully saturated rings. The highest BCUT2D eigenvalue weighted by atomic mass is 19.1. The Morgan fingerprint density at radius 3 is 2.39 bits per heavy atom. The van der Waals surface area contributed by atoms with Crippen LogP contribution in [0.3, 0.4) is 0 Å². The quantitative estimate of drug-likeness (QED) is 0.656. The van der Waals surface area contributed by atoms with Gasteiger partial charge >= 0.3 is 5.97 Å². The van der Waals surface area contributed by atoms with Gasteiger partial charge in [-0.05, 0) is 37.0 Å². The summed E-state index contributed by atoms with van der Waals surface area (Å²) in [5.74, 6) is -0.197. The average Bonchev–Trinajstić information content (AvgIpc) is 2.49. The van der Waals surface area contributed by atoms with Crippen LogP contribution in [0.1, 0.15) is 39.2 Å². The van der Waals surface area contributed by atoms with Crippen LogP contribution in [0.15, 0.2) is 24.3 Å². The molecule has 0 saturated carbocycles. The highest BCUT2D eigenvalue weighted by Crippen LogP contribution is 2.09. The van der Waals surface area contributed by atoms with Gasteiger partial charge in [0.05, 0.1) is 19.4 Å². The molecule has 0 unspecified atom stereocenters. The summed E-state index contributed by atoms with van der Waals surface area (Å²) in [6, 6.07) is 5.91. The maximum absolute atomic E-state index is 12.9. The fourth-order valence-corrected chi connectivity index (χ4v) is 2.12. The second-order valence-electron chi connectivity index (χ2n) is 5.92. The van der Waals surface area contributed by atoms with Gasteiger partial charge < -0.3 is 9.64 Å². The summed E-state index contributed by atoms with van der Waals surface area (Å²) >= 11 is 0. The summed E-state index contributed by atoms with van der Waals surface area (Å²) in [4.78, 5) is 25.7. The van der Waals surface area contributed by atoms with Gasteiger partial charge in [-0.3, -0.25) is 9.59 Å². The maximum Gasteiger partial charge on any atom is 0.307 e. The Balaban J connectivity index is 2.63. The van der Waals surface area contributed by atoms with Crippen molar-refractivity contribution < 1.29 is 18.7 Å². The third kappa shape index (κ3) is 7.77. The summed E-state index contributed by atoms with van der Waals surface area (Å²) in [7, 11) is 0. The normalized spacial score (nSPS) is 10.7. The fraction of sp³-hybridized carbons (Fsp3) is 0.556. The zero-order valence-electron chi connectivity index (χ0n) is 14.2. The first-order chi connectivity index (χ1) is 10.9. The molecule has 0 aliphatic rings. The predicted octanol–water partition coefficient (Wildman–Crippen LogP) is 3.20. The number of halogens is 1. The van der Waals surface area contributed by atoms with Crippen molar-refractivity contribution in [1.82, 2.24) is 4.90 Å². The van der Waals surface area contributed by atoms with Crippen LogP contribution in [0, 0.1) is 11.7 Å². The number of hydrogen-bond donors (Lipinski definition) is 0. The van der Waals surface area contributed by atoms with E-state index in [1.807, 2.05) is 0 Å². The molecule has 0 N–H and O–H groups in total. The van der Waals surface area contributed by atoms with Gasteiger partial charge in [0, 0.05) is 13.1 Å². The van der Waals surface area contributed by atoms with Crippen molar-refractivity contribution in [2.24, 2.45) is 5.92 Å². The Morgan fingerprint density at radius 2 is 1.83 bits per heavy atom. The fourth-order valence-electron chi connectivity index (χ4n) is 2.12. The lowest BCUT2D eigenvalue weighted by Gasteiger charge is -2.23. The van der Waals surface area contributed by atoms with Crippen molar-refractivity contribution in [3.8, 4) is 0 Å². The first kappa shape index (κ1) is 19.1. The van der Waals surface area contributed by atoms with E-state index in [2.05, 4.69) is 13.8 Å². The number of rotatable bonds is 9. The molecule has 0 aromatic heterocycles. The number of carbonyl (C=O) groups is 2. The first-order valence-electron chi connectivity index (χ1n) is 8.10. The largest absolute Gasteiger partial charge is 0.466 e. The molecule has 0 atom stereocenters. The van der Waals surface area contributed by atoms with Crippen molar-refractivity contribution in [1.29, 1.82) is 0 Å². The van der Waals surface area contributed by atoms with Crippen LogP contribution in [-0.2, 0) is 20.7 Å². The Kier molecular flexibility index (Phi) is 8.30. The van der Waals surface area contributed by atoms with Crippen LogP contribution >= 0.6 is 0 Å². The highest BCUT2D eigenvalue weighted by molar-refractivity contribution is 5.79. The lowest BCUT2D eigenvalue weighted by molar-refractivity contribution is -0.144.